The molecule has 1 N–H and O–H groups in total. The Bertz CT molecular complexity index is 985. The van der Waals surface area contributed by atoms with E-state index in [1.807, 2.05) is 61.5 Å². The van der Waals surface area contributed by atoms with Gasteiger partial charge < -0.3 is 9.47 Å². The molecule has 0 aliphatic heterocycles. The minimum Gasteiger partial charge on any atom is -0.497 e. The molecule has 6 heteroatoms. The third kappa shape index (κ3) is 4.91. The van der Waals surface area contributed by atoms with Gasteiger partial charge in [-0.3, -0.25) is 0 Å². The van der Waals surface area contributed by atoms with E-state index >= 15 is 0 Å². The normalized spacial score (nSPS) is 12.4. The van der Waals surface area contributed by atoms with E-state index in [9.17, 15) is 8.42 Å². The SMILES string of the molecule is CC[C@@H](NS(=O)(=O)c1ccc(Oc2ccccc2)cc1)c1ccc(OC)cc1. The molecule has 3 aromatic rings. The lowest BCUT2D eigenvalue weighted by molar-refractivity contribution is 0.414. The minimum atomic E-state index is -3.66. The molecule has 0 radical (unpaired) electrons. The van der Waals surface area contributed by atoms with Gasteiger partial charge in [-0.2, -0.15) is 0 Å². The monoisotopic (exact) mass is 397 g/mol. The molecule has 0 aliphatic rings. The number of ether oxygens (including phenoxy) is 2. The molecule has 0 saturated carbocycles. The van der Waals surface area contributed by atoms with Crippen LogP contribution >= 0.6 is 0 Å². The molecule has 0 spiro atoms. The molecule has 0 amide bonds. The van der Waals surface area contributed by atoms with Crippen LogP contribution in [0.5, 0.6) is 17.2 Å². The summed E-state index contributed by atoms with van der Waals surface area (Å²) in [5.74, 6) is 2.00. The lowest BCUT2D eigenvalue weighted by Gasteiger charge is -2.18. The van der Waals surface area contributed by atoms with Crippen LogP contribution in [0.1, 0.15) is 24.9 Å². The maximum atomic E-state index is 12.8. The van der Waals surface area contributed by atoms with Gasteiger partial charge in [0.2, 0.25) is 10.0 Å². The first kappa shape index (κ1) is 19.9. The van der Waals surface area contributed by atoms with Crippen molar-refractivity contribution >= 4 is 10.0 Å². The topological polar surface area (TPSA) is 64.6 Å². The number of sulfonamides is 1. The van der Waals surface area contributed by atoms with Crippen LogP contribution in [0.3, 0.4) is 0 Å². The van der Waals surface area contributed by atoms with Gasteiger partial charge in [-0.15, -0.1) is 0 Å². The van der Waals surface area contributed by atoms with E-state index < -0.39 is 10.0 Å². The van der Waals surface area contributed by atoms with Gasteiger partial charge in [0.25, 0.3) is 0 Å². The fourth-order valence-electron chi connectivity index (χ4n) is 2.79. The van der Waals surface area contributed by atoms with Crippen LogP contribution in [0, 0.1) is 0 Å². The van der Waals surface area contributed by atoms with E-state index in [2.05, 4.69) is 4.72 Å². The van der Waals surface area contributed by atoms with E-state index in [0.717, 1.165) is 11.3 Å². The third-order valence-corrected chi connectivity index (χ3v) is 5.82. The minimum absolute atomic E-state index is 0.194. The van der Waals surface area contributed by atoms with Gasteiger partial charge in [0, 0.05) is 6.04 Å². The second kappa shape index (κ2) is 8.91. The molecule has 3 rings (SSSR count). The lowest BCUT2D eigenvalue weighted by atomic mass is 10.1. The Kier molecular flexibility index (Phi) is 6.34. The summed E-state index contributed by atoms with van der Waals surface area (Å²) < 4.78 is 39.2. The predicted octanol–water partition coefficient (Wildman–Crippen LogP) is 4.92. The number of hydrogen-bond acceptors (Lipinski definition) is 4. The zero-order valence-corrected chi connectivity index (χ0v) is 16.6. The quantitative estimate of drug-likeness (QED) is 0.586. The average Bonchev–Trinajstić information content (AvgIpc) is 2.73. The Labute approximate surface area is 166 Å². The zero-order chi connectivity index (χ0) is 20.0. The summed E-state index contributed by atoms with van der Waals surface area (Å²) in [6.07, 6.45) is 0.626. The van der Waals surface area contributed by atoms with Crippen molar-refractivity contribution in [3.8, 4) is 17.2 Å². The zero-order valence-electron chi connectivity index (χ0n) is 15.8. The average molecular weight is 397 g/mol. The molecular formula is C22H23NO4S. The molecule has 0 saturated heterocycles. The van der Waals surface area contributed by atoms with Crippen molar-refractivity contribution in [1.29, 1.82) is 0 Å². The van der Waals surface area contributed by atoms with Crippen molar-refractivity contribution in [3.05, 3.63) is 84.4 Å². The van der Waals surface area contributed by atoms with Crippen LogP contribution in [0.4, 0.5) is 0 Å². The summed E-state index contributed by atoms with van der Waals surface area (Å²) in [4.78, 5) is 0.194. The van der Waals surface area contributed by atoms with Crippen molar-refractivity contribution in [2.75, 3.05) is 7.11 Å². The van der Waals surface area contributed by atoms with Gasteiger partial charge in [0.15, 0.2) is 0 Å². The highest BCUT2D eigenvalue weighted by Crippen LogP contribution is 2.25. The summed E-state index contributed by atoms with van der Waals surface area (Å²) in [5, 5.41) is 0. The largest absolute Gasteiger partial charge is 0.497 e. The van der Waals surface area contributed by atoms with Gasteiger partial charge in [-0.25, -0.2) is 13.1 Å². The molecule has 28 heavy (non-hydrogen) atoms. The van der Waals surface area contributed by atoms with E-state index in [-0.39, 0.29) is 10.9 Å². The van der Waals surface area contributed by atoms with Crippen LogP contribution in [0.25, 0.3) is 0 Å². The molecule has 0 heterocycles. The molecule has 0 aromatic heterocycles. The molecule has 5 nitrogen and oxygen atoms in total. The molecule has 146 valence electrons. The summed E-state index contributed by atoms with van der Waals surface area (Å²) in [6.45, 7) is 1.94. The number of nitrogens with one attached hydrogen (secondary N) is 1. The number of methoxy groups -OCH3 is 1. The first-order valence-electron chi connectivity index (χ1n) is 9.01. The maximum absolute atomic E-state index is 12.8. The first-order valence-corrected chi connectivity index (χ1v) is 10.5. The Morgan fingerprint density at radius 1 is 0.821 bits per heavy atom. The van der Waals surface area contributed by atoms with Crippen molar-refractivity contribution in [2.45, 2.75) is 24.3 Å². The molecule has 1 atom stereocenters. The highest BCUT2D eigenvalue weighted by atomic mass is 32.2. The van der Waals surface area contributed by atoms with E-state index in [1.54, 1.807) is 31.4 Å². The number of hydrogen-bond donors (Lipinski definition) is 1. The van der Waals surface area contributed by atoms with Gasteiger partial charge >= 0.3 is 0 Å². The Morgan fingerprint density at radius 3 is 1.96 bits per heavy atom. The summed E-state index contributed by atoms with van der Waals surface area (Å²) >= 11 is 0. The van der Waals surface area contributed by atoms with Gasteiger partial charge in [-0.1, -0.05) is 37.3 Å². The highest BCUT2D eigenvalue weighted by Gasteiger charge is 2.20. The molecule has 0 fully saturated rings. The van der Waals surface area contributed by atoms with Crippen LogP contribution in [-0.2, 0) is 10.0 Å². The summed E-state index contributed by atoms with van der Waals surface area (Å²) in [7, 11) is -2.06. The number of para-hydroxylation sites is 1. The molecule has 0 bridgehead atoms. The number of rotatable bonds is 8. The van der Waals surface area contributed by atoms with Gasteiger partial charge in [0.1, 0.15) is 17.2 Å². The number of benzene rings is 3. The van der Waals surface area contributed by atoms with Crippen LogP contribution in [-0.4, -0.2) is 15.5 Å². The van der Waals surface area contributed by atoms with Crippen LogP contribution in [0.2, 0.25) is 0 Å². The fraction of sp³-hybridized carbons (Fsp3) is 0.182. The molecule has 3 aromatic carbocycles. The van der Waals surface area contributed by atoms with Gasteiger partial charge in [-0.05, 0) is 60.5 Å². The lowest BCUT2D eigenvalue weighted by Crippen LogP contribution is -2.28. The van der Waals surface area contributed by atoms with E-state index in [4.69, 9.17) is 9.47 Å². The van der Waals surface area contributed by atoms with Crippen molar-refractivity contribution in [2.24, 2.45) is 0 Å². The van der Waals surface area contributed by atoms with Crippen LogP contribution in [0.15, 0.2) is 83.8 Å². The van der Waals surface area contributed by atoms with Gasteiger partial charge in [0.05, 0.1) is 12.0 Å². The molecule has 0 aliphatic carbocycles. The van der Waals surface area contributed by atoms with Crippen molar-refractivity contribution in [1.82, 2.24) is 4.72 Å². The predicted molar refractivity (Wildman–Crippen MR) is 109 cm³/mol. The molecular weight excluding hydrogens is 374 g/mol. The third-order valence-electron chi connectivity index (χ3n) is 4.34. The summed E-state index contributed by atoms with van der Waals surface area (Å²) in [5.41, 5.74) is 0.885. The van der Waals surface area contributed by atoms with Crippen LogP contribution < -0.4 is 14.2 Å². The fourth-order valence-corrected chi connectivity index (χ4v) is 4.10. The Hall–Kier alpha value is -2.83. The standard InChI is InChI=1S/C22H23NO4S/c1-3-22(17-9-11-18(26-2)12-10-17)23-28(24,25)21-15-13-20(14-16-21)27-19-7-5-4-6-8-19/h4-16,22-23H,3H2,1-2H3/t22-/m1/s1. The maximum Gasteiger partial charge on any atom is 0.241 e. The van der Waals surface area contributed by atoms with E-state index in [0.29, 0.717) is 17.9 Å². The Balaban J connectivity index is 1.73. The summed E-state index contributed by atoms with van der Waals surface area (Å²) in [6, 6.07) is 22.8. The molecule has 0 unspecified atom stereocenters. The van der Waals surface area contributed by atoms with Crippen molar-refractivity contribution in [3.63, 3.8) is 0 Å². The smallest absolute Gasteiger partial charge is 0.241 e. The van der Waals surface area contributed by atoms with E-state index in [1.165, 1.54) is 0 Å². The first-order chi connectivity index (χ1) is 13.5. The second-order valence-electron chi connectivity index (χ2n) is 6.24. The van der Waals surface area contributed by atoms with Crippen molar-refractivity contribution < 1.29 is 17.9 Å². The Morgan fingerprint density at radius 2 is 1.39 bits per heavy atom. The second-order valence-corrected chi connectivity index (χ2v) is 7.96. The highest BCUT2D eigenvalue weighted by molar-refractivity contribution is 7.89.